The second-order valence-corrected chi connectivity index (χ2v) is 7.67. The summed E-state index contributed by atoms with van der Waals surface area (Å²) in [5, 5.41) is 1.56. The molecule has 2 heterocycles. The maximum absolute atomic E-state index is 13.0. The highest BCUT2D eigenvalue weighted by molar-refractivity contribution is 6.30. The summed E-state index contributed by atoms with van der Waals surface area (Å²) < 4.78 is 5.54. The molecule has 0 radical (unpaired) electrons. The van der Waals surface area contributed by atoms with Gasteiger partial charge in [0.15, 0.2) is 6.61 Å². The number of rotatable bonds is 4. The van der Waals surface area contributed by atoms with Crippen molar-refractivity contribution in [2.45, 2.75) is 6.92 Å². The van der Waals surface area contributed by atoms with Gasteiger partial charge in [0.2, 0.25) is 0 Å². The van der Waals surface area contributed by atoms with E-state index in [1.807, 2.05) is 37.3 Å². The number of nitrogens with zero attached hydrogens (tertiary/aromatic N) is 3. The first-order chi connectivity index (χ1) is 14.5. The highest BCUT2D eigenvalue weighted by Crippen LogP contribution is 2.19. The van der Waals surface area contributed by atoms with E-state index < -0.39 is 0 Å². The number of halogens is 1. The Morgan fingerprint density at radius 2 is 1.67 bits per heavy atom. The summed E-state index contributed by atoms with van der Waals surface area (Å²) in [7, 11) is 0. The van der Waals surface area contributed by atoms with E-state index in [0.29, 0.717) is 48.2 Å². The molecule has 0 saturated carbocycles. The number of carbonyl (C=O) groups excluding carboxylic acids is 2. The second-order valence-electron chi connectivity index (χ2n) is 7.23. The zero-order valence-corrected chi connectivity index (χ0v) is 17.4. The van der Waals surface area contributed by atoms with Gasteiger partial charge in [-0.05, 0) is 43.3 Å². The number of carbonyl (C=O) groups is 2. The van der Waals surface area contributed by atoms with E-state index in [4.69, 9.17) is 16.3 Å². The highest BCUT2D eigenvalue weighted by Gasteiger charge is 2.26. The van der Waals surface area contributed by atoms with Crippen molar-refractivity contribution in [2.75, 3.05) is 32.8 Å². The van der Waals surface area contributed by atoms with E-state index in [2.05, 4.69) is 4.98 Å². The maximum Gasteiger partial charge on any atom is 0.260 e. The largest absolute Gasteiger partial charge is 0.484 e. The molecule has 6 nitrogen and oxygen atoms in total. The number of hydrogen-bond donors (Lipinski definition) is 0. The summed E-state index contributed by atoms with van der Waals surface area (Å²) >= 11 is 5.85. The van der Waals surface area contributed by atoms with Gasteiger partial charge in [-0.25, -0.2) is 0 Å². The molecule has 0 bridgehead atoms. The molecule has 2 aromatic carbocycles. The molecule has 1 aliphatic heterocycles. The van der Waals surface area contributed by atoms with Gasteiger partial charge in [0, 0.05) is 36.6 Å². The molecule has 1 aromatic heterocycles. The van der Waals surface area contributed by atoms with Crippen molar-refractivity contribution < 1.29 is 14.3 Å². The van der Waals surface area contributed by atoms with Gasteiger partial charge in [-0.3, -0.25) is 14.6 Å². The predicted octanol–water partition coefficient (Wildman–Crippen LogP) is 3.56. The number of hydrogen-bond acceptors (Lipinski definition) is 4. The molecule has 0 N–H and O–H groups in total. The Labute approximate surface area is 180 Å². The van der Waals surface area contributed by atoms with E-state index in [9.17, 15) is 9.59 Å². The van der Waals surface area contributed by atoms with Gasteiger partial charge >= 0.3 is 0 Å². The van der Waals surface area contributed by atoms with Crippen LogP contribution in [0.4, 0.5) is 0 Å². The van der Waals surface area contributed by atoms with Crippen LogP contribution in [-0.4, -0.2) is 59.4 Å². The lowest BCUT2D eigenvalue weighted by atomic mass is 10.1. The second kappa shape index (κ2) is 8.71. The minimum atomic E-state index is -0.0967. The summed E-state index contributed by atoms with van der Waals surface area (Å²) in [6.45, 7) is 3.75. The van der Waals surface area contributed by atoms with Crippen molar-refractivity contribution in [2.24, 2.45) is 0 Å². The van der Waals surface area contributed by atoms with Crippen LogP contribution in [0.5, 0.6) is 5.75 Å². The normalized spacial score (nSPS) is 14.1. The molecule has 2 amide bonds. The van der Waals surface area contributed by atoms with Crippen LogP contribution in [0.3, 0.4) is 0 Å². The van der Waals surface area contributed by atoms with Gasteiger partial charge in [0.1, 0.15) is 5.75 Å². The summed E-state index contributed by atoms with van der Waals surface area (Å²) in [6, 6.07) is 16.6. The van der Waals surface area contributed by atoms with Gasteiger partial charge in [0.05, 0.1) is 16.8 Å². The van der Waals surface area contributed by atoms with Crippen LogP contribution in [0.15, 0.2) is 54.6 Å². The molecule has 30 heavy (non-hydrogen) atoms. The lowest BCUT2D eigenvalue weighted by Crippen LogP contribution is -2.51. The van der Waals surface area contributed by atoms with Crippen molar-refractivity contribution in [3.05, 3.63) is 70.9 Å². The van der Waals surface area contributed by atoms with Crippen molar-refractivity contribution in [3.63, 3.8) is 0 Å². The standard InChI is InChI=1S/C23H22ClN3O3/c1-16-20(14-17-4-2-3-5-21(17)25-16)23(29)27-12-10-26(11-13-27)22(28)15-30-19-8-6-18(24)7-9-19/h2-9,14H,10-13,15H2,1H3. The van der Waals surface area contributed by atoms with Gasteiger partial charge in [-0.15, -0.1) is 0 Å². The molecule has 0 atom stereocenters. The molecule has 1 fully saturated rings. The van der Waals surface area contributed by atoms with E-state index in [1.54, 1.807) is 34.1 Å². The van der Waals surface area contributed by atoms with Gasteiger partial charge in [0.25, 0.3) is 11.8 Å². The Balaban J connectivity index is 1.34. The number of amides is 2. The monoisotopic (exact) mass is 423 g/mol. The molecule has 1 saturated heterocycles. The Morgan fingerprint density at radius 3 is 2.40 bits per heavy atom. The molecular weight excluding hydrogens is 402 g/mol. The molecule has 3 aromatic rings. The molecule has 7 heteroatoms. The number of pyridine rings is 1. The number of aromatic nitrogens is 1. The Hall–Kier alpha value is -3.12. The maximum atomic E-state index is 13.0. The number of piperazine rings is 1. The number of aryl methyl sites for hydroxylation is 1. The fourth-order valence-corrected chi connectivity index (χ4v) is 3.65. The molecule has 0 spiro atoms. The summed E-state index contributed by atoms with van der Waals surface area (Å²) in [6.07, 6.45) is 0. The van der Waals surface area contributed by atoms with Crippen LogP contribution in [0.1, 0.15) is 16.1 Å². The van der Waals surface area contributed by atoms with Crippen molar-refractivity contribution >= 4 is 34.3 Å². The third-order valence-electron chi connectivity index (χ3n) is 5.24. The topological polar surface area (TPSA) is 62.7 Å². The Bertz CT molecular complexity index is 1080. The predicted molar refractivity (Wildman–Crippen MR) is 116 cm³/mol. The Morgan fingerprint density at radius 1 is 1.00 bits per heavy atom. The van der Waals surface area contributed by atoms with Crippen molar-refractivity contribution in [1.82, 2.24) is 14.8 Å². The fraction of sp³-hybridized carbons (Fsp3) is 0.261. The first kappa shape index (κ1) is 20.2. The molecule has 4 rings (SSSR count). The van der Waals surface area contributed by atoms with Crippen LogP contribution in [0.25, 0.3) is 10.9 Å². The average Bonchev–Trinajstić information content (AvgIpc) is 2.77. The van der Waals surface area contributed by atoms with E-state index in [1.165, 1.54) is 0 Å². The molecule has 0 unspecified atom stereocenters. The molecular formula is C23H22ClN3O3. The highest BCUT2D eigenvalue weighted by atomic mass is 35.5. The minimum absolute atomic E-state index is 0.0384. The van der Waals surface area contributed by atoms with Gasteiger partial charge < -0.3 is 14.5 Å². The molecule has 0 aliphatic carbocycles. The zero-order chi connectivity index (χ0) is 21.1. The summed E-state index contributed by atoms with van der Waals surface area (Å²) in [4.78, 5) is 33.5. The number of fused-ring (bicyclic) bond motifs is 1. The van der Waals surface area contributed by atoms with Crippen LogP contribution in [0, 0.1) is 6.92 Å². The average molecular weight is 424 g/mol. The van der Waals surface area contributed by atoms with Crippen LogP contribution in [-0.2, 0) is 4.79 Å². The van der Waals surface area contributed by atoms with Gasteiger partial charge in [-0.2, -0.15) is 0 Å². The first-order valence-corrected chi connectivity index (χ1v) is 10.2. The Kier molecular flexibility index (Phi) is 5.86. The zero-order valence-electron chi connectivity index (χ0n) is 16.7. The molecule has 1 aliphatic rings. The van der Waals surface area contributed by atoms with Crippen LogP contribution in [0.2, 0.25) is 5.02 Å². The van der Waals surface area contributed by atoms with Crippen molar-refractivity contribution in [3.8, 4) is 5.75 Å². The van der Waals surface area contributed by atoms with E-state index >= 15 is 0 Å². The minimum Gasteiger partial charge on any atom is -0.484 e. The first-order valence-electron chi connectivity index (χ1n) is 9.83. The van der Waals surface area contributed by atoms with Crippen molar-refractivity contribution in [1.29, 1.82) is 0 Å². The summed E-state index contributed by atoms with van der Waals surface area (Å²) in [5.41, 5.74) is 2.20. The number of para-hydroxylation sites is 1. The summed E-state index contributed by atoms with van der Waals surface area (Å²) in [5.74, 6) is 0.455. The lowest BCUT2D eigenvalue weighted by molar-refractivity contribution is -0.134. The van der Waals surface area contributed by atoms with Crippen LogP contribution < -0.4 is 4.74 Å². The van der Waals surface area contributed by atoms with E-state index in [-0.39, 0.29) is 18.4 Å². The number of ether oxygens (including phenoxy) is 1. The SMILES string of the molecule is Cc1nc2ccccc2cc1C(=O)N1CCN(C(=O)COc2ccc(Cl)cc2)CC1. The third kappa shape index (κ3) is 4.39. The van der Waals surface area contributed by atoms with E-state index in [0.717, 1.165) is 10.9 Å². The third-order valence-corrected chi connectivity index (χ3v) is 5.49. The van der Waals surface area contributed by atoms with Crippen LogP contribution >= 0.6 is 11.6 Å². The molecule has 154 valence electrons. The fourth-order valence-electron chi connectivity index (χ4n) is 3.53. The quantitative estimate of drug-likeness (QED) is 0.643. The smallest absolute Gasteiger partial charge is 0.260 e. The van der Waals surface area contributed by atoms with Gasteiger partial charge in [-0.1, -0.05) is 29.8 Å². The lowest BCUT2D eigenvalue weighted by Gasteiger charge is -2.35. The number of benzene rings is 2.